The summed E-state index contributed by atoms with van der Waals surface area (Å²) in [6.45, 7) is 6.05. The lowest BCUT2D eigenvalue weighted by molar-refractivity contribution is -0.121. The fourth-order valence-electron chi connectivity index (χ4n) is 3.35. The van der Waals surface area contributed by atoms with E-state index in [9.17, 15) is 9.59 Å². The van der Waals surface area contributed by atoms with Gasteiger partial charge in [0.05, 0.1) is 24.6 Å². The number of aromatic nitrogens is 1. The molecule has 1 saturated heterocycles. The van der Waals surface area contributed by atoms with Gasteiger partial charge < -0.3 is 14.8 Å². The van der Waals surface area contributed by atoms with Crippen molar-refractivity contribution in [3.8, 4) is 11.6 Å². The second kappa shape index (κ2) is 6.35. The maximum Gasteiger partial charge on any atom is 0.329 e. The zero-order chi connectivity index (χ0) is 19.2. The second-order valence-electron chi connectivity index (χ2n) is 7.22. The number of carbonyl (C=O) groups excluding carboxylic acids is 2. The molecular formula is C20H21N3O4. The van der Waals surface area contributed by atoms with Crippen LogP contribution in [0, 0.1) is 0 Å². The molecule has 1 aromatic carbocycles. The number of amides is 3. The molecule has 2 aliphatic heterocycles. The van der Waals surface area contributed by atoms with Gasteiger partial charge in [-0.05, 0) is 49.6 Å². The topological polar surface area (TPSA) is 80.8 Å². The van der Waals surface area contributed by atoms with Crippen molar-refractivity contribution in [1.82, 2.24) is 10.3 Å². The lowest BCUT2D eigenvalue weighted by Crippen LogP contribution is -2.40. The molecular weight excluding hydrogens is 346 g/mol. The van der Waals surface area contributed by atoms with Gasteiger partial charge in [-0.1, -0.05) is 13.0 Å². The summed E-state index contributed by atoms with van der Waals surface area (Å²) in [5.41, 5.74) is 1.81. The number of hydrogen-bond donors (Lipinski definition) is 1. The van der Waals surface area contributed by atoms with E-state index >= 15 is 0 Å². The molecule has 0 aliphatic carbocycles. The third-order valence-corrected chi connectivity index (χ3v) is 4.84. The molecule has 1 atom stereocenters. The van der Waals surface area contributed by atoms with Gasteiger partial charge in [0.15, 0.2) is 0 Å². The lowest BCUT2D eigenvalue weighted by Gasteiger charge is -2.16. The van der Waals surface area contributed by atoms with Crippen LogP contribution in [0.1, 0.15) is 44.4 Å². The van der Waals surface area contributed by atoms with Crippen LogP contribution in [0.3, 0.4) is 0 Å². The summed E-state index contributed by atoms with van der Waals surface area (Å²) in [4.78, 5) is 29.8. The number of imide groups is 1. The Morgan fingerprint density at radius 2 is 2.11 bits per heavy atom. The Morgan fingerprint density at radius 1 is 1.30 bits per heavy atom. The molecule has 0 unspecified atom stereocenters. The number of benzene rings is 1. The van der Waals surface area contributed by atoms with E-state index in [0.29, 0.717) is 23.9 Å². The number of ether oxygens (including phenoxy) is 2. The van der Waals surface area contributed by atoms with Gasteiger partial charge in [0, 0.05) is 6.07 Å². The van der Waals surface area contributed by atoms with Crippen LogP contribution in [0.2, 0.25) is 0 Å². The Kier molecular flexibility index (Phi) is 4.11. The third kappa shape index (κ3) is 3.04. The smallest absolute Gasteiger partial charge is 0.329 e. The van der Waals surface area contributed by atoms with Crippen LogP contribution in [0.4, 0.5) is 10.5 Å². The van der Waals surface area contributed by atoms with E-state index in [1.165, 1.54) is 11.8 Å². The van der Waals surface area contributed by atoms with Gasteiger partial charge in [-0.15, -0.1) is 0 Å². The van der Waals surface area contributed by atoms with Gasteiger partial charge in [-0.3, -0.25) is 4.79 Å². The highest BCUT2D eigenvalue weighted by molar-refractivity contribution is 6.22. The molecule has 2 aromatic rings. The summed E-state index contributed by atoms with van der Waals surface area (Å²) >= 11 is 0. The maximum atomic E-state index is 12.4. The van der Waals surface area contributed by atoms with E-state index in [1.54, 1.807) is 26.0 Å². The highest BCUT2D eigenvalue weighted by Crippen LogP contribution is 2.36. The first-order valence-corrected chi connectivity index (χ1v) is 8.94. The van der Waals surface area contributed by atoms with Gasteiger partial charge in [0.2, 0.25) is 5.88 Å². The van der Waals surface area contributed by atoms with E-state index in [-0.39, 0.29) is 12.0 Å². The summed E-state index contributed by atoms with van der Waals surface area (Å²) in [6.07, 6.45) is 2.47. The molecule has 0 spiro atoms. The molecule has 1 fully saturated rings. The van der Waals surface area contributed by atoms with Crippen LogP contribution >= 0.6 is 0 Å². The van der Waals surface area contributed by atoms with Crippen LogP contribution in [0.15, 0.2) is 36.5 Å². The van der Waals surface area contributed by atoms with Crippen LogP contribution in [-0.4, -0.2) is 22.5 Å². The van der Waals surface area contributed by atoms with Gasteiger partial charge in [0.1, 0.15) is 11.3 Å². The average Bonchev–Trinajstić information content (AvgIpc) is 3.13. The van der Waals surface area contributed by atoms with Crippen molar-refractivity contribution in [3.63, 3.8) is 0 Å². The van der Waals surface area contributed by atoms with Gasteiger partial charge in [-0.25, -0.2) is 14.7 Å². The molecule has 1 N–H and O–H groups in total. The highest BCUT2D eigenvalue weighted by Gasteiger charge is 2.45. The van der Waals surface area contributed by atoms with Crippen molar-refractivity contribution in [2.45, 2.75) is 45.4 Å². The molecule has 27 heavy (non-hydrogen) atoms. The largest absolute Gasteiger partial charge is 0.439 e. The minimum atomic E-state index is -0.922. The molecule has 7 heteroatoms. The number of pyridine rings is 1. The van der Waals surface area contributed by atoms with Crippen molar-refractivity contribution in [1.29, 1.82) is 0 Å². The summed E-state index contributed by atoms with van der Waals surface area (Å²) < 4.78 is 11.6. The molecule has 1 aromatic heterocycles. The number of nitrogens with one attached hydrogen (secondary N) is 1. The standard InChI is InChI=1S/C20H21N3O4/c1-4-16-15-9-14(7-5-12(15)11-26-16)27-17-8-6-13(10-21-17)23-18(24)20(2,3)22-19(23)25/h5-10,16H,4,11H2,1-3H3,(H,22,25)/t16-/m1/s1. The Bertz CT molecular complexity index is 908. The molecule has 3 heterocycles. The maximum absolute atomic E-state index is 12.4. The molecule has 3 amide bonds. The van der Waals surface area contributed by atoms with E-state index < -0.39 is 11.6 Å². The van der Waals surface area contributed by atoms with Crippen molar-refractivity contribution in [2.24, 2.45) is 0 Å². The van der Waals surface area contributed by atoms with Crippen LogP contribution in [-0.2, 0) is 16.1 Å². The number of rotatable bonds is 4. The molecule has 2 aliphatic rings. The minimum Gasteiger partial charge on any atom is -0.439 e. The second-order valence-corrected chi connectivity index (χ2v) is 7.22. The fraction of sp³-hybridized carbons (Fsp3) is 0.350. The number of urea groups is 1. The zero-order valence-electron chi connectivity index (χ0n) is 15.5. The predicted octanol–water partition coefficient (Wildman–Crippen LogP) is 3.69. The Hall–Kier alpha value is -2.93. The quantitative estimate of drug-likeness (QED) is 0.834. The van der Waals surface area contributed by atoms with Crippen LogP contribution < -0.4 is 15.0 Å². The van der Waals surface area contributed by atoms with Crippen molar-refractivity contribution >= 4 is 17.6 Å². The zero-order valence-corrected chi connectivity index (χ0v) is 15.5. The first-order valence-electron chi connectivity index (χ1n) is 8.94. The van der Waals surface area contributed by atoms with E-state index in [0.717, 1.165) is 16.9 Å². The molecule has 4 rings (SSSR count). The number of nitrogens with zero attached hydrogens (tertiary/aromatic N) is 2. The molecule has 0 saturated carbocycles. The van der Waals surface area contributed by atoms with E-state index in [4.69, 9.17) is 9.47 Å². The third-order valence-electron chi connectivity index (χ3n) is 4.84. The predicted molar refractivity (Wildman–Crippen MR) is 98.7 cm³/mol. The number of carbonyl (C=O) groups is 2. The van der Waals surface area contributed by atoms with Crippen LogP contribution in [0.5, 0.6) is 11.6 Å². The fourth-order valence-corrected chi connectivity index (χ4v) is 3.35. The SMILES string of the molecule is CC[C@H]1OCc2ccc(Oc3ccc(N4C(=O)NC(C)(C)C4=O)cn3)cc21. The van der Waals surface area contributed by atoms with Crippen LogP contribution in [0.25, 0.3) is 0 Å². The molecule has 0 bridgehead atoms. The number of anilines is 1. The van der Waals surface area contributed by atoms with Crippen molar-refractivity contribution in [2.75, 3.05) is 4.90 Å². The first kappa shape index (κ1) is 17.5. The lowest BCUT2D eigenvalue weighted by atomic mass is 10.0. The average molecular weight is 367 g/mol. The van der Waals surface area contributed by atoms with E-state index in [1.807, 2.05) is 18.2 Å². The summed E-state index contributed by atoms with van der Waals surface area (Å²) in [5, 5.41) is 2.65. The molecule has 0 radical (unpaired) electrons. The minimum absolute atomic E-state index is 0.0990. The Labute approximate surface area is 157 Å². The van der Waals surface area contributed by atoms with Gasteiger partial charge >= 0.3 is 6.03 Å². The summed E-state index contributed by atoms with van der Waals surface area (Å²) in [6, 6.07) is 8.70. The Balaban J connectivity index is 1.52. The van der Waals surface area contributed by atoms with Crippen molar-refractivity contribution in [3.05, 3.63) is 47.7 Å². The monoisotopic (exact) mass is 367 g/mol. The normalized spacial score (nSPS) is 20.6. The Morgan fingerprint density at radius 3 is 2.74 bits per heavy atom. The number of fused-ring (bicyclic) bond motifs is 1. The summed E-state index contributed by atoms with van der Waals surface area (Å²) in [7, 11) is 0. The van der Waals surface area contributed by atoms with Gasteiger partial charge in [-0.2, -0.15) is 0 Å². The first-order chi connectivity index (χ1) is 12.9. The van der Waals surface area contributed by atoms with E-state index in [2.05, 4.69) is 17.2 Å². The molecule has 7 nitrogen and oxygen atoms in total. The molecule has 140 valence electrons. The van der Waals surface area contributed by atoms with Crippen molar-refractivity contribution < 1.29 is 19.1 Å². The highest BCUT2D eigenvalue weighted by atomic mass is 16.5. The number of hydrogen-bond acceptors (Lipinski definition) is 5. The summed E-state index contributed by atoms with van der Waals surface area (Å²) in [5.74, 6) is 0.748. The van der Waals surface area contributed by atoms with Gasteiger partial charge in [0.25, 0.3) is 5.91 Å².